The van der Waals surface area contributed by atoms with Crippen LogP contribution in [-0.2, 0) is 4.74 Å². The number of hydrogen-bond acceptors (Lipinski definition) is 2. The fourth-order valence-electron chi connectivity index (χ4n) is 2.04. The molecule has 0 aromatic rings. The van der Waals surface area contributed by atoms with Crippen LogP contribution < -0.4 is 0 Å². The second kappa shape index (κ2) is 5.13. The van der Waals surface area contributed by atoms with Crippen molar-refractivity contribution in [3.63, 3.8) is 0 Å². The van der Waals surface area contributed by atoms with Crippen molar-refractivity contribution in [2.24, 2.45) is 0 Å². The third-order valence-corrected chi connectivity index (χ3v) is 2.89. The minimum absolute atomic E-state index is 0.0293. The van der Waals surface area contributed by atoms with Gasteiger partial charge in [0.2, 0.25) is 0 Å². The molecular formula is C12H25NO. The maximum atomic E-state index is 5.71. The Morgan fingerprint density at radius 3 is 2.57 bits per heavy atom. The predicted molar refractivity (Wildman–Crippen MR) is 60.6 cm³/mol. The first kappa shape index (κ1) is 12.0. The van der Waals surface area contributed by atoms with Crippen molar-refractivity contribution < 1.29 is 4.74 Å². The first-order chi connectivity index (χ1) is 6.49. The molecule has 0 aliphatic carbocycles. The smallest absolute Gasteiger partial charge is 0.0598 e. The molecule has 0 bridgehead atoms. The van der Waals surface area contributed by atoms with Crippen LogP contribution in [0.4, 0.5) is 0 Å². The first-order valence-electron chi connectivity index (χ1n) is 5.83. The SMILES string of the molecule is CN1CCCC1CCCOC(C)(C)C. The molecule has 2 nitrogen and oxygen atoms in total. The van der Waals surface area contributed by atoms with Gasteiger partial charge in [0.05, 0.1) is 5.60 Å². The number of rotatable bonds is 4. The van der Waals surface area contributed by atoms with E-state index in [0.717, 1.165) is 12.6 Å². The van der Waals surface area contributed by atoms with Gasteiger partial charge >= 0.3 is 0 Å². The monoisotopic (exact) mass is 199 g/mol. The van der Waals surface area contributed by atoms with E-state index in [-0.39, 0.29) is 5.60 Å². The van der Waals surface area contributed by atoms with E-state index in [1.807, 2.05) is 0 Å². The van der Waals surface area contributed by atoms with Crippen LogP contribution in [0.3, 0.4) is 0 Å². The van der Waals surface area contributed by atoms with Gasteiger partial charge in [0, 0.05) is 12.6 Å². The van der Waals surface area contributed by atoms with Crippen LogP contribution in [0, 0.1) is 0 Å². The molecular weight excluding hydrogens is 174 g/mol. The van der Waals surface area contributed by atoms with Gasteiger partial charge in [0.1, 0.15) is 0 Å². The Morgan fingerprint density at radius 2 is 2.07 bits per heavy atom. The molecule has 0 spiro atoms. The summed E-state index contributed by atoms with van der Waals surface area (Å²) in [5.74, 6) is 0. The Balaban J connectivity index is 2.04. The second-order valence-corrected chi connectivity index (χ2v) is 5.38. The summed E-state index contributed by atoms with van der Waals surface area (Å²) in [6.07, 6.45) is 5.26. The van der Waals surface area contributed by atoms with Crippen LogP contribution >= 0.6 is 0 Å². The number of likely N-dealkylation sites (tertiary alicyclic amines) is 1. The largest absolute Gasteiger partial charge is 0.376 e. The van der Waals surface area contributed by atoms with E-state index in [4.69, 9.17) is 4.74 Å². The zero-order valence-electron chi connectivity index (χ0n) is 10.2. The van der Waals surface area contributed by atoms with Crippen molar-refractivity contribution >= 4 is 0 Å². The summed E-state index contributed by atoms with van der Waals surface area (Å²) in [6.45, 7) is 8.55. The molecule has 1 aliphatic heterocycles. The quantitative estimate of drug-likeness (QED) is 0.645. The van der Waals surface area contributed by atoms with Gasteiger partial charge < -0.3 is 9.64 Å². The number of ether oxygens (including phenoxy) is 1. The van der Waals surface area contributed by atoms with Gasteiger partial charge in [-0.2, -0.15) is 0 Å². The first-order valence-corrected chi connectivity index (χ1v) is 5.83. The molecule has 1 heterocycles. The van der Waals surface area contributed by atoms with Gasteiger partial charge in [-0.15, -0.1) is 0 Å². The molecule has 0 amide bonds. The lowest BCUT2D eigenvalue weighted by atomic mass is 10.1. The lowest BCUT2D eigenvalue weighted by molar-refractivity contribution is -0.00617. The van der Waals surface area contributed by atoms with E-state index >= 15 is 0 Å². The highest BCUT2D eigenvalue weighted by atomic mass is 16.5. The lowest BCUT2D eigenvalue weighted by Gasteiger charge is -2.22. The number of hydrogen-bond donors (Lipinski definition) is 0. The highest BCUT2D eigenvalue weighted by Crippen LogP contribution is 2.19. The van der Waals surface area contributed by atoms with E-state index in [1.54, 1.807) is 0 Å². The molecule has 84 valence electrons. The fraction of sp³-hybridized carbons (Fsp3) is 1.00. The summed E-state index contributed by atoms with van der Waals surface area (Å²) < 4.78 is 5.71. The summed E-state index contributed by atoms with van der Waals surface area (Å²) in [5.41, 5.74) is 0.0293. The van der Waals surface area contributed by atoms with Gasteiger partial charge in [-0.1, -0.05) is 0 Å². The van der Waals surface area contributed by atoms with E-state index < -0.39 is 0 Å². The zero-order chi connectivity index (χ0) is 10.6. The fourth-order valence-corrected chi connectivity index (χ4v) is 2.04. The van der Waals surface area contributed by atoms with Crippen LogP contribution in [0.5, 0.6) is 0 Å². The van der Waals surface area contributed by atoms with Crippen molar-refractivity contribution in [1.29, 1.82) is 0 Å². The highest BCUT2D eigenvalue weighted by Gasteiger charge is 2.20. The van der Waals surface area contributed by atoms with Crippen molar-refractivity contribution in [1.82, 2.24) is 4.90 Å². The molecule has 1 saturated heterocycles. The molecule has 1 fully saturated rings. The Kier molecular flexibility index (Phi) is 4.39. The van der Waals surface area contributed by atoms with Gasteiger partial charge in [-0.3, -0.25) is 0 Å². The summed E-state index contributed by atoms with van der Waals surface area (Å²) in [5, 5.41) is 0. The zero-order valence-corrected chi connectivity index (χ0v) is 10.2. The third-order valence-electron chi connectivity index (χ3n) is 2.89. The minimum atomic E-state index is 0.0293. The van der Waals surface area contributed by atoms with Gasteiger partial charge in [-0.25, -0.2) is 0 Å². The summed E-state index contributed by atoms with van der Waals surface area (Å²) in [4.78, 5) is 2.48. The van der Waals surface area contributed by atoms with Crippen LogP contribution in [0.1, 0.15) is 46.5 Å². The standard InChI is InChI=1S/C12H25NO/c1-12(2,3)14-10-6-8-11-7-5-9-13(11)4/h11H,5-10H2,1-4H3. The van der Waals surface area contributed by atoms with E-state index in [1.165, 1.54) is 32.2 Å². The number of nitrogens with zero attached hydrogens (tertiary/aromatic N) is 1. The molecule has 0 radical (unpaired) electrons. The van der Waals surface area contributed by atoms with Gasteiger partial charge in [-0.05, 0) is 60.0 Å². The average Bonchev–Trinajstić information content (AvgIpc) is 2.44. The molecule has 0 N–H and O–H groups in total. The molecule has 1 aliphatic rings. The molecule has 14 heavy (non-hydrogen) atoms. The van der Waals surface area contributed by atoms with Gasteiger partial charge in [0.15, 0.2) is 0 Å². The maximum Gasteiger partial charge on any atom is 0.0598 e. The van der Waals surface area contributed by atoms with Crippen molar-refractivity contribution in [2.75, 3.05) is 20.2 Å². The van der Waals surface area contributed by atoms with Crippen LogP contribution in [-0.4, -0.2) is 36.7 Å². The van der Waals surface area contributed by atoms with Gasteiger partial charge in [0.25, 0.3) is 0 Å². The van der Waals surface area contributed by atoms with E-state index in [9.17, 15) is 0 Å². The molecule has 0 saturated carbocycles. The van der Waals surface area contributed by atoms with Crippen LogP contribution in [0.2, 0.25) is 0 Å². The summed E-state index contributed by atoms with van der Waals surface area (Å²) >= 11 is 0. The average molecular weight is 199 g/mol. The Bertz CT molecular complexity index is 162. The summed E-state index contributed by atoms with van der Waals surface area (Å²) in [6, 6.07) is 0.818. The van der Waals surface area contributed by atoms with Crippen LogP contribution in [0.15, 0.2) is 0 Å². The predicted octanol–water partition coefficient (Wildman–Crippen LogP) is 2.68. The Morgan fingerprint density at radius 1 is 1.36 bits per heavy atom. The lowest BCUT2D eigenvalue weighted by Crippen LogP contribution is -2.26. The van der Waals surface area contributed by atoms with Crippen LogP contribution in [0.25, 0.3) is 0 Å². The molecule has 1 rings (SSSR count). The second-order valence-electron chi connectivity index (χ2n) is 5.38. The molecule has 0 aromatic carbocycles. The molecule has 1 atom stereocenters. The Hall–Kier alpha value is -0.0800. The minimum Gasteiger partial charge on any atom is -0.376 e. The molecule has 2 heteroatoms. The maximum absolute atomic E-state index is 5.71. The van der Waals surface area contributed by atoms with Crippen molar-refractivity contribution in [3.8, 4) is 0 Å². The Labute approximate surface area is 88.6 Å². The highest BCUT2D eigenvalue weighted by molar-refractivity contribution is 4.75. The summed E-state index contributed by atoms with van der Waals surface area (Å²) in [7, 11) is 2.24. The topological polar surface area (TPSA) is 12.5 Å². The molecule has 1 unspecified atom stereocenters. The van der Waals surface area contributed by atoms with E-state index in [0.29, 0.717) is 0 Å². The van der Waals surface area contributed by atoms with Crippen molar-refractivity contribution in [2.45, 2.75) is 58.1 Å². The normalized spacial score (nSPS) is 24.4. The molecule has 0 aromatic heterocycles. The van der Waals surface area contributed by atoms with Crippen molar-refractivity contribution in [3.05, 3.63) is 0 Å². The van der Waals surface area contributed by atoms with E-state index in [2.05, 4.69) is 32.7 Å². The third kappa shape index (κ3) is 4.43.